The van der Waals surface area contributed by atoms with E-state index in [2.05, 4.69) is 6.92 Å². The number of hydrogen-bond acceptors (Lipinski definition) is 3. The van der Waals surface area contributed by atoms with Crippen LogP contribution in [0.15, 0.2) is 0 Å². The van der Waals surface area contributed by atoms with Crippen LogP contribution in [0.5, 0.6) is 0 Å². The fourth-order valence-corrected chi connectivity index (χ4v) is 1.33. The van der Waals surface area contributed by atoms with Crippen LogP contribution in [0.4, 0.5) is 0 Å². The van der Waals surface area contributed by atoms with E-state index in [-0.39, 0.29) is 0 Å². The molecular weight excluding hydrogens is 204 g/mol. The topological polar surface area (TPSA) is 43.4 Å². The number of Topliss-reactive ketones (excluding diaryl/α,β-unsaturated/α-hetero) is 1. The van der Waals surface area contributed by atoms with Gasteiger partial charge in [0.2, 0.25) is 5.78 Å². The second-order valence-electron chi connectivity index (χ2n) is 5.09. The molecule has 0 rings (SSSR count). The molecule has 3 nitrogen and oxygen atoms in total. The van der Waals surface area contributed by atoms with Gasteiger partial charge < -0.3 is 4.74 Å². The van der Waals surface area contributed by atoms with E-state index in [1.807, 2.05) is 0 Å². The van der Waals surface area contributed by atoms with E-state index in [0.29, 0.717) is 6.42 Å². The van der Waals surface area contributed by atoms with Crippen LogP contribution in [0.3, 0.4) is 0 Å². The van der Waals surface area contributed by atoms with Crippen LogP contribution in [0, 0.1) is 0 Å². The van der Waals surface area contributed by atoms with Crippen molar-refractivity contribution in [3.63, 3.8) is 0 Å². The van der Waals surface area contributed by atoms with Crippen molar-refractivity contribution in [2.45, 2.75) is 71.8 Å². The molecule has 0 N–H and O–H groups in total. The predicted octanol–water partition coefficient (Wildman–Crippen LogP) is 3.26. The Morgan fingerprint density at radius 3 is 2.06 bits per heavy atom. The summed E-state index contributed by atoms with van der Waals surface area (Å²) in [6.45, 7) is 7.43. The van der Waals surface area contributed by atoms with Crippen LogP contribution >= 0.6 is 0 Å². The van der Waals surface area contributed by atoms with Gasteiger partial charge in [-0.05, 0) is 27.2 Å². The smallest absolute Gasteiger partial charge is 0.375 e. The zero-order valence-electron chi connectivity index (χ0n) is 11.0. The molecule has 0 fully saturated rings. The summed E-state index contributed by atoms with van der Waals surface area (Å²) in [4.78, 5) is 22.7. The SMILES string of the molecule is CCCCCCCC(=O)C(=O)OC(C)(C)C. The maximum Gasteiger partial charge on any atom is 0.375 e. The first-order valence-electron chi connectivity index (χ1n) is 6.13. The van der Waals surface area contributed by atoms with E-state index in [1.54, 1.807) is 20.8 Å². The fraction of sp³-hybridized carbons (Fsp3) is 0.846. The normalized spacial score (nSPS) is 11.2. The van der Waals surface area contributed by atoms with Gasteiger partial charge in [0.15, 0.2) is 0 Å². The molecule has 0 aliphatic heterocycles. The Bertz CT molecular complexity index is 226. The van der Waals surface area contributed by atoms with Gasteiger partial charge in [0.05, 0.1) is 0 Å². The van der Waals surface area contributed by atoms with Gasteiger partial charge in [0, 0.05) is 6.42 Å². The summed E-state index contributed by atoms with van der Waals surface area (Å²) in [7, 11) is 0. The third-order valence-corrected chi connectivity index (χ3v) is 2.13. The fourth-order valence-electron chi connectivity index (χ4n) is 1.33. The molecule has 0 aliphatic carbocycles. The van der Waals surface area contributed by atoms with E-state index in [0.717, 1.165) is 19.3 Å². The molecular formula is C13H24O3. The molecule has 0 aromatic carbocycles. The molecule has 0 unspecified atom stereocenters. The van der Waals surface area contributed by atoms with E-state index >= 15 is 0 Å². The van der Waals surface area contributed by atoms with Crippen LogP contribution in [-0.4, -0.2) is 17.4 Å². The number of carbonyl (C=O) groups is 2. The zero-order valence-corrected chi connectivity index (χ0v) is 11.0. The summed E-state index contributed by atoms with van der Waals surface area (Å²) >= 11 is 0. The highest BCUT2D eigenvalue weighted by molar-refractivity contribution is 6.33. The molecule has 0 amide bonds. The number of rotatable bonds is 7. The van der Waals surface area contributed by atoms with Gasteiger partial charge in [-0.1, -0.05) is 32.6 Å². The molecule has 94 valence electrons. The Morgan fingerprint density at radius 1 is 1.00 bits per heavy atom. The van der Waals surface area contributed by atoms with E-state index in [4.69, 9.17) is 4.74 Å². The number of carbonyl (C=O) groups excluding carboxylic acids is 2. The van der Waals surface area contributed by atoms with E-state index < -0.39 is 17.4 Å². The first-order valence-corrected chi connectivity index (χ1v) is 6.13. The number of hydrogen-bond donors (Lipinski definition) is 0. The summed E-state index contributed by atoms with van der Waals surface area (Å²) in [5.41, 5.74) is -0.574. The summed E-state index contributed by atoms with van der Waals surface area (Å²) in [6, 6.07) is 0. The third kappa shape index (κ3) is 8.45. The van der Waals surface area contributed by atoms with Crippen molar-refractivity contribution in [3.8, 4) is 0 Å². The predicted molar refractivity (Wildman–Crippen MR) is 64.2 cm³/mol. The Kier molecular flexibility index (Phi) is 7.02. The summed E-state index contributed by atoms with van der Waals surface area (Å²) < 4.78 is 4.99. The lowest BCUT2D eigenvalue weighted by Crippen LogP contribution is -2.28. The Labute approximate surface area is 98.6 Å². The van der Waals surface area contributed by atoms with Crippen molar-refractivity contribution in [3.05, 3.63) is 0 Å². The second-order valence-corrected chi connectivity index (χ2v) is 5.09. The minimum Gasteiger partial charge on any atom is -0.454 e. The van der Waals surface area contributed by atoms with Gasteiger partial charge in [-0.15, -0.1) is 0 Å². The first kappa shape index (κ1) is 15.1. The van der Waals surface area contributed by atoms with Crippen molar-refractivity contribution < 1.29 is 14.3 Å². The van der Waals surface area contributed by atoms with Crippen LogP contribution < -0.4 is 0 Å². The third-order valence-electron chi connectivity index (χ3n) is 2.13. The standard InChI is InChI=1S/C13H24O3/c1-5-6-7-8-9-10-11(14)12(15)16-13(2,3)4/h5-10H2,1-4H3. The van der Waals surface area contributed by atoms with Crippen LogP contribution in [0.1, 0.15) is 66.2 Å². The van der Waals surface area contributed by atoms with Gasteiger partial charge in [0.1, 0.15) is 5.60 Å². The summed E-state index contributed by atoms with van der Waals surface area (Å²) in [5, 5.41) is 0. The molecule has 0 aliphatic rings. The number of esters is 1. The number of ether oxygens (including phenoxy) is 1. The van der Waals surface area contributed by atoms with Crippen molar-refractivity contribution in [1.29, 1.82) is 0 Å². The number of unbranched alkanes of at least 4 members (excludes halogenated alkanes) is 4. The van der Waals surface area contributed by atoms with Crippen molar-refractivity contribution in [2.75, 3.05) is 0 Å². The minimum atomic E-state index is -0.692. The summed E-state index contributed by atoms with van der Waals surface area (Å²) in [5.74, 6) is -1.09. The minimum absolute atomic E-state index is 0.318. The zero-order chi connectivity index (χ0) is 12.6. The van der Waals surface area contributed by atoms with Crippen molar-refractivity contribution in [2.24, 2.45) is 0 Å². The molecule has 3 heteroatoms. The Balaban J connectivity index is 3.68. The summed E-state index contributed by atoms with van der Waals surface area (Å²) in [6.07, 6.45) is 5.64. The maximum absolute atomic E-state index is 11.4. The molecule has 0 bridgehead atoms. The Hall–Kier alpha value is -0.860. The van der Waals surface area contributed by atoms with Gasteiger partial charge in [-0.3, -0.25) is 4.79 Å². The largest absolute Gasteiger partial charge is 0.454 e. The highest BCUT2D eigenvalue weighted by Crippen LogP contribution is 2.10. The van der Waals surface area contributed by atoms with Gasteiger partial charge in [-0.2, -0.15) is 0 Å². The second kappa shape index (κ2) is 7.42. The maximum atomic E-state index is 11.4. The molecule has 16 heavy (non-hydrogen) atoms. The molecule has 0 atom stereocenters. The van der Waals surface area contributed by atoms with Crippen molar-refractivity contribution in [1.82, 2.24) is 0 Å². The lowest BCUT2D eigenvalue weighted by Gasteiger charge is -2.18. The van der Waals surface area contributed by atoms with Gasteiger partial charge in [-0.25, -0.2) is 4.79 Å². The van der Waals surface area contributed by atoms with E-state index in [9.17, 15) is 9.59 Å². The molecule has 0 saturated heterocycles. The quantitative estimate of drug-likeness (QED) is 0.381. The highest BCUT2D eigenvalue weighted by atomic mass is 16.6. The monoisotopic (exact) mass is 228 g/mol. The number of ketones is 1. The molecule has 0 radical (unpaired) electrons. The van der Waals surface area contributed by atoms with E-state index in [1.165, 1.54) is 12.8 Å². The molecule has 0 saturated carbocycles. The molecule has 0 spiro atoms. The van der Waals surface area contributed by atoms with Gasteiger partial charge in [0.25, 0.3) is 0 Å². The molecule has 0 aromatic rings. The average Bonchev–Trinajstić information content (AvgIpc) is 2.14. The molecule has 0 heterocycles. The lowest BCUT2D eigenvalue weighted by molar-refractivity contribution is -0.162. The average molecular weight is 228 g/mol. The first-order chi connectivity index (χ1) is 7.37. The Morgan fingerprint density at radius 2 is 1.56 bits per heavy atom. The van der Waals surface area contributed by atoms with Crippen LogP contribution in [0.2, 0.25) is 0 Å². The molecule has 0 aromatic heterocycles. The highest BCUT2D eigenvalue weighted by Gasteiger charge is 2.21. The van der Waals surface area contributed by atoms with Crippen LogP contribution in [-0.2, 0) is 14.3 Å². The lowest BCUT2D eigenvalue weighted by atomic mass is 10.1. The van der Waals surface area contributed by atoms with Crippen LogP contribution in [0.25, 0.3) is 0 Å². The van der Waals surface area contributed by atoms with Gasteiger partial charge >= 0.3 is 5.97 Å². The van der Waals surface area contributed by atoms with Crippen molar-refractivity contribution >= 4 is 11.8 Å².